The normalized spacial score (nSPS) is 12.1. The van der Waals surface area contributed by atoms with Crippen LogP contribution in [0.15, 0.2) is 18.7 Å². The monoisotopic (exact) mass is 296 g/mol. The zero-order valence-corrected chi connectivity index (χ0v) is 10.3. The van der Waals surface area contributed by atoms with E-state index in [0.717, 1.165) is 0 Å². The van der Waals surface area contributed by atoms with Crippen LogP contribution in [-0.2, 0) is 20.0 Å². The highest BCUT2D eigenvalue weighted by atomic mass is 32.3. The Kier molecular flexibility index (Phi) is 6.68. The second-order valence-electron chi connectivity index (χ2n) is 3.27. The number of rotatable bonds is 5. The fourth-order valence-corrected chi connectivity index (χ4v) is 1.16. The number of aromatic nitrogens is 2. The van der Waals surface area contributed by atoms with Gasteiger partial charge in [-0.25, -0.2) is 17.8 Å². The molecule has 0 aliphatic heterocycles. The number of H-pyrrole nitrogens is 1. The number of aliphatic carboxylic acids is 2. The number of hydrogen-bond donors (Lipinski definition) is 4. The van der Waals surface area contributed by atoms with E-state index >= 15 is 0 Å². The van der Waals surface area contributed by atoms with Crippen LogP contribution in [0.3, 0.4) is 0 Å². The summed E-state index contributed by atoms with van der Waals surface area (Å²) in [6.07, 6.45) is 4.54. The Morgan fingerprint density at radius 3 is 2.21 bits per heavy atom. The Morgan fingerprint density at radius 2 is 1.89 bits per heavy atom. The Bertz CT molecular complexity index is 501. The molecule has 0 aromatic carbocycles. The molecule has 0 fully saturated rings. The van der Waals surface area contributed by atoms with Crippen LogP contribution in [0.1, 0.15) is 18.9 Å². The first kappa shape index (κ1) is 17.0. The number of carboxylic acids is 2. The molecule has 0 aliphatic rings. The SMILES string of the molecule is O=C(O)CCC(C(=O)O)[n+]1cc[nH]c1.O=S(=O)([O-])O. The first-order chi connectivity index (χ1) is 8.61. The maximum atomic E-state index is 10.8. The van der Waals surface area contributed by atoms with Gasteiger partial charge in [-0.05, 0) is 0 Å². The number of hydrogen-bond acceptors (Lipinski definition) is 5. The van der Waals surface area contributed by atoms with Gasteiger partial charge in [0, 0.05) is 12.8 Å². The van der Waals surface area contributed by atoms with Crippen molar-refractivity contribution in [3.63, 3.8) is 0 Å². The molecule has 0 aliphatic carbocycles. The standard InChI is InChI=1S/C8H10N2O4.H2O4S/c11-7(12)2-1-6(8(13)14)10-4-3-9-5-10;1-5(2,3)4/h3-6H,1-2H2,(H2,11,12,13,14);(H2,1,2,3,4). The third-order valence-electron chi connectivity index (χ3n) is 1.84. The largest absolute Gasteiger partial charge is 0.726 e. The summed E-state index contributed by atoms with van der Waals surface area (Å²) >= 11 is 0. The highest BCUT2D eigenvalue weighted by molar-refractivity contribution is 7.79. The molecule has 1 rings (SSSR count). The van der Waals surface area contributed by atoms with Gasteiger partial charge in [0.2, 0.25) is 16.7 Å². The van der Waals surface area contributed by atoms with Crippen LogP contribution in [0.2, 0.25) is 0 Å². The van der Waals surface area contributed by atoms with E-state index in [2.05, 4.69) is 4.98 Å². The number of imidazole rings is 1. The minimum atomic E-state index is -4.92. The molecule has 4 N–H and O–H groups in total. The maximum absolute atomic E-state index is 10.8. The Morgan fingerprint density at radius 1 is 1.37 bits per heavy atom. The van der Waals surface area contributed by atoms with Gasteiger partial charge in [0.05, 0.1) is 0 Å². The molecule has 0 saturated carbocycles. The van der Waals surface area contributed by atoms with Gasteiger partial charge in [-0.3, -0.25) is 14.3 Å². The highest BCUT2D eigenvalue weighted by Crippen LogP contribution is 2.06. The van der Waals surface area contributed by atoms with Crippen molar-refractivity contribution in [2.24, 2.45) is 0 Å². The smallest absolute Gasteiger partial charge is 0.349 e. The summed E-state index contributed by atoms with van der Waals surface area (Å²) in [6.45, 7) is 0. The van der Waals surface area contributed by atoms with Gasteiger partial charge in [0.1, 0.15) is 12.4 Å². The predicted molar refractivity (Wildman–Crippen MR) is 56.9 cm³/mol. The molecule has 0 amide bonds. The van der Waals surface area contributed by atoms with Crippen molar-refractivity contribution in [1.82, 2.24) is 4.98 Å². The number of nitrogens with zero attached hydrogens (tertiary/aromatic N) is 1. The summed E-state index contributed by atoms with van der Waals surface area (Å²) in [6, 6.07) is -0.822. The van der Waals surface area contributed by atoms with E-state index in [4.69, 9.17) is 27.7 Å². The topological polar surface area (TPSA) is 172 Å². The van der Waals surface area contributed by atoms with Crippen LogP contribution < -0.4 is 4.57 Å². The van der Waals surface area contributed by atoms with Crippen molar-refractivity contribution < 1.29 is 41.9 Å². The van der Waals surface area contributed by atoms with E-state index in [9.17, 15) is 9.59 Å². The summed E-state index contributed by atoms with van der Waals surface area (Å²) in [5.41, 5.74) is 0. The van der Waals surface area contributed by atoms with E-state index in [1.165, 1.54) is 10.9 Å². The Hall–Kier alpha value is -1.98. The van der Waals surface area contributed by atoms with Crippen LogP contribution in [0.25, 0.3) is 0 Å². The minimum absolute atomic E-state index is 0.0766. The molecule has 0 saturated heterocycles. The summed E-state index contributed by atoms with van der Waals surface area (Å²) in [7, 11) is -4.92. The molecule has 1 aromatic heterocycles. The predicted octanol–water partition coefficient (Wildman–Crippen LogP) is -1.20. The van der Waals surface area contributed by atoms with E-state index < -0.39 is 28.4 Å². The van der Waals surface area contributed by atoms with Crippen molar-refractivity contribution in [1.29, 1.82) is 0 Å². The van der Waals surface area contributed by atoms with Crippen molar-refractivity contribution in [3.05, 3.63) is 18.7 Å². The van der Waals surface area contributed by atoms with Gasteiger partial charge in [0.15, 0.2) is 6.04 Å². The molecule has 11 heteroatoms. The number of nitrogens with one attached hydrogen (secondary N) is 1. The summed E-state index contributed by atoms with van der Waals surface area (Å²) in [5, 5.41) is 17.3. The van der Waals surface area contributed by atoms with Gasteiger partial charge >= 0.3 is 11.9 Å². The van der Waals surface area contributed by atoms with Crippen LogP contribution in [0.5, 0.6) is 0 Å². The van der Waals surface area contributed by atoms with E-state index in [0.29, 0.717) is 0 Å². The quantitative estimate of drug-likeness (QED) is 0.298. The van der Waals surface area contributed by atoms with Gasteiger partial charge in [-0.2, -0.15) is 0 Å². The van der Waals surface area contributed by atoms with Crippen LogP contribution in [0.4, 0.5) is 0 Å². The summed E-state index contributed by atoms with van der Waals surface area (Å²) in [4.78, 5) is 23.8. The van der Waals surface area contributed by atoms with Gasteiger partial charge in [-0.1, -0.05) is 0 Å². The van der Waals surface area contributed by atoms with Crippen LogP contribution in [0, 0.1) is 0 Å². The van der Waals surface area contributed by atoms with Gasteiger partial charge in [0.25, 0.3) is 0 Å². The second kappa shape index (κ2) is 7.45. The minimum Gasteiger partial charge on any atom is -0.726 e. The lowest BCUT2D eigenvalue weighted by Gasteiger charge is -2.06. The third kappa shape index (κ3) is 9.70. The molecule has 1 heterocycles. The lowest BCUT2D eigenvalue weighted by molar-refractivity contribution is -0.710. The van der Waals surface area contributed by atoms with Crippen molar-refractivity contribution >= 4 is 22.3 Å². The second-order valence-corrected chi connectivity index (χ2v) is 4.13. The van der Waals surface area contributed by atoms with E-state index in [1.807, 2.05) is 0 Å². The molecular formula is C8H12N2O8S. The van der Waals surface area contributed by atoms with Gasteiger partial charge in [-0.15, -0.1) is 0 Å². The number of aromatic amines is 1. The molecule has 0 radical (unpaired) electrons. The molecule has 1 unspecified atom stereocenters. The van der Waals surface area contributed by atoms with Crippen LogP contribution in [-0.4, -0.2) is 44.7 Å². The fourth-order valence-electron chi connectivity index (χ4n) is 1.16. The molecule has 1 atom stereocenters. The molecule has 19 heavy (non-hydrogen) atoms. The Balaban J connectivity index is 0.000000555. The fraction of sp³-hybridized carbons (Fsp3) is 0.375. The molecule has 1 aromatic rings. The molecule has 0 bridgehead atoms. The Labute approximate surface area is 107 Å². The number of carboxylic acid groups (broad SMARTS) is 2. The third-order valence-corrected chi connectivity index (χ3v) is 1.84. The van der Waals surface area contributed by atoms with Crippen LogP contribution >= 0.6 is 0 Å². The summed E-state index contributed by atoms with van der Waals surface area (Å²) in [5.74, 6) is -2.02. The zero-order chi connectivity index (χ0) is 15.1. The lowest BCUT2D eigenvalue weighted by atomic mass is 10.1. The van der Waals surface area contributed by atoms with E-state index in [1.54, 1.807) is 12.4 Å². The molecule has 108 valence electrons. The average Bonchev–Trinajstić information content (AvgIpc) is 2.67. The summed E-state index contributed by atoms with van der Waals surface area (Å²) < 4.78 is 34.3. The first-order valence-electron chi connectivity index (χ1n) is 4.77. The van der Waals surface area contributed by atoms with Gasteiger partial charge < -0.3 is 14.8 Å². The molecule has 0 spiro atoms. The molecule has 10 nitrogen and oxygen atoms in total. The zero-order valence-electron chi connectivity index (χ0n) is 9.46. The highest BCUT2D eigenvalue weighted by Gasteiger charge is 2.24. The first-order valence-corrected chi connectivity index (χ1v) is 6.14. The lowest BCUT2D eigenvalue weighted by Crippen LogP contribution is -2.42. The molecular weight excluding hydrogens is 284 g/mol. The van der Waals surface area contributed by atoms with Crippen molar-refractivity contribution in [3.8, 4) is 0 Å². The average molecular weight is 296 g/mol. The van der Waals surface area contributed by atoms with Crippen molar-refractivity contribution in [2.45, 2.75) is 18.9 Å². The number of carbonyl (C=O) groups is 2. The maximum Gasteiger partial charge on any atom is 0.349 e. The van der Waals surface area contributed by atoms with Crippen molar-refractivity contribution in [2.75, 3.05) is 0 Å². The van der Waals surface area contributed by atoms with E-state index in [-0.39, 0.29) is 12.8 Å².